The Morgan fingerprint density at radius 2 is 1.59 bits per heavy atom. The SMILES string of the molecule is COc1ccc(C(=O)C[NH+]2CCC(C(C)=O)(c3ccccc3)CC2)cc1.[Br-]. The number of nitrogens with one attached hydrogen (secondary N) is 1. The van der Waals surface area contributed by atoms with Crippen molar-refractivity contribution in [2.75, 3.05) is 26.7 Å². The molecule has 0 aromatic heterocycles. The smallest absolute Gasteiger partial charge is 0.216 e. The minimum Gasteiger partial charge on any atom is -1.00 e. The van der Waals surface area contributed by atoms with Crippen molar-refractivity contribution in [3.05, 3.63) is 65.7 Å². The quantitative estimate of drug-likeness (QED) is 0.602. The summed E-state index contributed by atoms with van der Waals surface area (Å²) in [6.07, 6.45) is 1.58. The molecule has 1 aliphatic rings. The Bertz CT molecular complexity index is 766. The van der Waals surface area contributed by atoms with Gasteiger partial charge in [-0.2, -0.15) is 0 Å². The van der Waals surface area contributed by atoms with E-state index in [1.165, 1.54) is 4.90 Å². The number of hydrogen-bond donors (Lipinski definition) is 1. The fourth-order valence-electron chi connectivity index (χ4n) is 3.91. The van der Waals surface area contributed by atoms with E-state index in [1.54, 1.807) is 14.0 Å². The van der Waals surface area contributed by atoms with Crippen LogP contribution in [-0.4, -0.2) is 38.3 Å². The standard InChI is InChI=1S/C22H25NO3.BrH/c1-17(24)22(19-6-4-3-5-7-19)12-14-23(15-13-22)16-21(25)18-8-10-20(26-2)11-9-18;/h3-11H,12-16H2,1-2H3;1H. The number of quaternary nitrogens is 1. The van der Waals surface area contributed by atoms with Crippen molar-refractivity contribution in [2.45, 2.75) is 25.2 Å². The van der Waals surface area contributed by atoms with Crippen LogP contribution in [0.4, 0.5) is 0 Å². The lowest BCUT2D eigenvalue weighted by atomic mass is 9.70. The second-order valence-electron chi connectivity index (χ2n) is 7.08. The molecule has 0 atom stereocenters. The molecule has 144 valence electrons. The molecule has 0 saturated carbocycles. The van der Waals surface area contributed by atoms with E-state index in [0.29, 0.717) is 12.1 Å². The molecule has 27 heavy (non-hydrogen) atoms. The first-order valence-corrected chi connectivity index (χ1v) is 9.12. The third-order valence-electron chi connectivity index (χ3n) is 5.63. The number of rotatable bonds is 6. The molecule has 0 spiro atoms. The lowest BCUT2D eigenvalue weighted by Crippen LogP contribution is -3.14. The van der Waals surface area contributed by atoms with Crippen LogP contribution in [0.25, 0.3) is 0 Å². The molecule has 0 unspecified atom stereocenters. The van der Waals surface area contributed by atoms with Crippen molar-refractivity contribution in [1.29, 1.82) is 0 Å². The second kappa shape index (κ2) is 9.29. The average molecular weight is 432 g/mol. The van der Waals surface area contributed by atoms with Crippen LogP contribution in [0, 0.1) is 0 Å². The summed E-state index contributed by atoms with van der Waals surface area (Å²) in [4.78, 5) is 26.2. The van der Waals surface area contributed by atoms with Gasteiger partial charge in [-0.3, -0.25) is 9.59 Å². The zero-order chi connectivity index (χ0) is 18.6. The van der Waals surface area contributed by atoms with E-state index in [-0.39, 0.29) is 28.5 Å². The van der Waals surface area contributed by atoms with E-state index >= 15 is 0 Å². The van der Waals surface area contributed by atoms with E-state index < -0.39 is 5.41 Å². The van der Waals surface area contributed by atoms with Crippen LogP contribution < -0.4 is 26.6 Å². The number of Topliss-reactive ketones (excluding diaryl/α,β-unsaturated/α-hetero) is 2. The van der Waals surface area contributed by atoms with Gasteiger partial charge in [0.05, 0.1) is 25.6 Å². The van der Waals surface area contributed by atoms with Gasteiger partial charge in [0, 0.05) is 18.4 Å². The number of ether oxygens (including phenoxy) is 1. The van der Waals surface area contributed by atoms with E-state index in [1.807, 2.05) is 42.5 Å². The number of likely N-dealkylation sites (tertiary alicyclic amines) is 1. The van der Waals surface area contributed by atoms with Crippen molar-refractivity contribution < 1.29 is 36.2 Å². The fraction of sp³-hybridized carbons (Fsp3) is 0.364. The first kappa shape index (κ1) is 21.3. The molecular formula is C22H26BrNO3. The summed E-state index contributed by atoms with van der Waals surface area (Å²) in [5.74, 6) is 1.11. The third kappa shape index (κ3) is 4.66. The molecule has 1 N–H and O–H groups in total. The molecule has 2 aromatic carbocycles. The Labute approximate surface area is 171 Å². The van der Waals surface area contributed by atoms with E-state index in [9.17, 15) is 9.59 Å². The number of benzene rings is 2. The Hall–Kier alpha value is -1.98. The van der Waals surface area contributed by atoms with Crippen LogP contribution in [0.2, 0.25) is 0 Å². The third-order valence-corrected chi connectivity index (χ3v) is 5.63. The van der Waals surface area contributed by atoms with Crippen molar-refractivity contribution in [1.82, 2.24) is 0 Å². The number of halogens is 1. The zero-order valence-corrected chi connectivity index (χ0v) is 17.4. The minimum atomic E-state index is -0.395. The maximum absolute atomic E-state index is 12.5. The summed E-state index contributed by atoms with van der Waals surface area (Å²) in [6, 6.07) is 17.3. The lowest BCUT2D eigenvalue weighted by molar-refractivity contribution is -0.897. The van der Waals surface area contributed by atoms with Crippen LogP contribution >= 0.6 is 0 Å². The summed E-state index contributed by atoms with van der Waals surface area (Å²) < 4.78 is 5.14. The summed E-state index contributed by atoms with van der Waals surface area (Å²) in [6.45, 7) is 3.82. The van der Waals surface area contributed by atoms with Gasteiger partial charge < -0.3 is 26.6 Å². The predicted molar refractivity (Wildman–Crippen MR) is 101 cm³/mol. The van der Waals surface area contributed by atoms with Gasteiger partial charge in [0.1, 0.15) is 18.1 Å². The number of methoxy groups -OCH3 is 1. The molecule has 0 amide bonds. The van der Waals surface area contributed by atoms with Crippen LogP contribution in [0.3, 0.4) is 0 Å². The Kier molecular flexibility index (Phi) is 7.33. The molecule has 4 nitrogen and oxygen atoms in total. The van der Waals surface area contributed by atoms with E-state index in [0.717, 1.165) is 37.2 Å². The lowest BCUT2D eigenvalue weighted by Gasteiger charge is -2.38. The van der Waals surface area contributed by atoms with Gasteiger partial charge in [0.25, 0.3) is 0 Å². The molecule has 0 bridgehead atoms. The summed E-state index contributed by atoms with van der Waals surface area (Å²) in [5, 5.41) is 0. The molecule has 1 heterocycles. The number of hydrogen-bond acceptors (Lipinski definition) is 3. The van der Waals surface area contributed by atoms with Crippen LogP contribution in [0.1, 0.15) is 35.7 Å². The van der Waals surface area contributed by atoms with Crippen molar-refractivity contribution in [3.8, 4) is 5.75 Å². The van der Waals surface area contributed by atoms with Crippen molar-refractivity contribution >= 4 is 11.6 Å². The molecule has 1 aliphatic heterocycles. The highest BCUT2D eigenvalue weighted by atomic mass is 79.9. The fourth-order valence-corrected chi connectivity index (χ4v) is 3.91. The maximum Gasteiger partial charge on any atom is 0.216 e. The summed E-state index contributed by atoms with van der Waals surface area (Å²) in [5.41, 5.74) is 1.42. The number of carbonyl (C=O) groups is 2. The highest BCUT2D eigenvalue weighted by Crippen LogP contribution is 2.33. The van der Waals surface area contributed by atoms with Gasteiger partial charge in [0.2, 0.25) is 5.78 Å². The molecule has 0 radical (unpaired) electrons. The largest absolute Gasteiger partial charge is 1.00 e. The molecule has 0 aliphatic carbocycles. The second-order valence-corrected chi connectivity index (χ2v) is 7.08. The van der Waals surface area contributed by atoms with Gasteiger partial charge >= 0.3 is 0 Å². The van der Waals surface area contributed by atoms with Crippen LogP contribution in [0.5, 0.6) is 5.75 Å². The first-order chi connectivity index (χ1) is 12.5. The average Bonchev–Trinajstić information content (AvgIpc) is 2.69. The molecule has 1 fully saturated rings. The monoisotopic (exact) mass is 431 g/mol. The topological polar surface area (TPSA) is 47.8 Å². The first-order valence-electron chi connectivity index (χ1n) is 9.12. The number of carbonyl (C=O) groups excluding carboxylic acids is 2. The normalized spacial score (nSPS) is 21.8. The zero-order valence-electron chi connectivity index (χ0n) is 15.8. The molecule has 2 aromatic rings. The maximum atomic E-state index is 12.5. The Morgan fingerprint density at radius 1 is 1.00 bits per heavy atom. The Balaban J connectivity index is 0.00000261. The van der Waals surface area contributed by atoms with Gasteiger partial charge in [-0.15, -0.1) is 0 Å². The van der Waals surface area contributed by atoms with E-state index in [2.05, 4.69) is 12.1 Å². The minimum absolute atomic E-state index is 0. The predicted octanol–water partition coefficient (Wildman–Crippen LogP) is -0.912. The van der Waals surface area contributed by atoms with Gasteiger partial charge in [-0.1, -0.05) is 30.3 Å². The molecule has 5 heteroatoms. The van der Waals surface area contributed by atoms with Crippen LogP contribution in [-0.2, 0) is 10.2 Å². The van der Waals surface area contributed by atoms with Crippen molar-refractivity contribution in [3.63, 3.8) is 0 Å². The number of piperidine rings is 1. The summed E-state index contributed by atoms with van der Waals surface area (Å²) in [7, 11) is 1.61. The van der Waals surface area contributed by atoms with Gasteiger partial charge in [-0.05, 0) is 36.8 Å². The molecule has 3 rings (SSSR count). The highest BCUT2D eigenvalue weighted by Gasteiger charge is 2.42. The summed E-state index contributed by atoms with van der Waals surface area (Å²) >= 11 is 0. The number of ketones is 2. The van der Waals surface area contributed by atoms with Crippen molar-refractivity contribution in [2.24, 2.45) is 0 Å². The molecule has 1 saturated heterocycles. The van der Waals surface area contributed by atoms with Crippen LogP contribution in [0.15, 0.2) is 54.6 Å². The van der Waals surface area contributed by atoms with E-state index in [4.69, 9.17) is 4.74 Å². The van der Waals surface area contributed by atoms with Gasteiger partial charge in [-0.25, -0.2) is 0 Å². The Morgan fingerprint density at radius 3 is 2.11 bits per heavy atom. The molecular weight excluding hydrogens is 406 g/mol. The van der Waals surface area contributed by atoms with Gasteiger partial charge in [0.15, 0.2) is 0 Å². The highest BCUT2D eigenvalue weighted by molar-refractivity contribution is 5.97.